The Morgan fingerprint density at radius 1 is 1.21 bits per heavy atom. The molecule has 0 bridgehead atoms. The Morgan fingerprint density at radius 2 is 1.89 bits per heavy atom. The van der Waals surface area contributed by atoms with Crippen LogP contribution in [0.25, 0.3) is 0 Å². The van der Waals surface area contributed by atoms with Crippen molar-refractivity contribution in [3.8, 4) is 0 Å². The predicted molar refractivity (Wildman–Crippen MR) is 83.7 cm³/mol. The molecular weight excluding hydrogens is 236 g/mol. The van der Waals surface area contributed by atoms with E-state index in [1.807, 2.05) is 0 Å². The maximum atomic E-state index is 4.71. The molecule has 1 saturated heterocycles. The molecule has 0 spiro atoms. The van der Waals surface area contributed by atoms with Crippen LogP contribution in [-0.4, -0.2) is 49.6 Å². The van der Waals surface area contributed by atoms with Crippen molar-refractivity contribution in [3.63, 3.8) is 0 Å². The van der Waals surface area contributed by atoms with Gasteiger partial charge in [0.05, 0.1) is 0 Å². The Labute approximate surface area is 119 Å². The van der Waals surface area contributed by atoms with Crippen LogP contribution in [0.4, 0.5) is 0 Å². The Morgan fingerprint density at radius 3 is 2.47 bits per heavy atom. The molecule has 2 N–H and O–H groups in total. The van der Waals surface area contributed by atoms with Gasteiger partial charge < -0.3 is 15.5 Å². The fraction of sp³-hybridized carbons (Fsp3) is 0.933. The minimum absolute atomic E-state index is 0.478. The normalized spacial score (nSPS) is 20.3. The second kappa shape index (κ2) is 9.18. The summed E-state index contributed by atoms with van der Waals surface area (Å²) < 4.78 is 0. The van der Waals surface area contributed by atoms with Gasteiger partial charge in [0.1, 0.15) is 0 Å². The lowest BCUT2D eigenvalue weighted by Crippen LogP contribution is -2.42. The van der Waals surface area contributed by atoms with Crippen LogP contribution in [0.3, 0.4) is 0 Å². The molecule has 0 amide bonds. The predicted octanol–water partition coefficient (Wildman–Crippen LogP) is 2.07. The first kappa shape index (κ1) is 16.3. The minimum atomic E-state index is 0.478. The molecule has 0 aromatic rings. The zero-order valence-corrected chi connectivity index (χ0v) is 13.2. The number of hydrogen-bond acceptors (Lipinski definition) is 2. The summed E-state index contributed by atoms with van der Waals surface area (Å²) in [5, 5.41) is 6.76. The maximum absolute atomic E-state index is 4.71. The second-order valence-electron chi connectivity index (χ2n) is 5.79. The van der Waals surface area contributed by atoms with Crippen molar-refractivity contribution in [3.05, 3.63) is 0 Å². The van der Waals surface area contributed by atoms with Gasteiger partial charge in [-0.05, 0) is 52.1 Å². The zero-order valence-electron chi connectivity index (χ0n) is 13.2. The lowest BCUT2D eigenvalue weighted by molar-refractivity contribution is 0.291. The summed E-state index contributed by atoms with van der Waals surface area (Å²) in [6.07, 6.45) is 3.86. The molecule has 1 aliphatic rings. The fourth-order valence-corrected chi connectivity index (χ4v) is 2.37. The Hall–Kier alpha value is -0.770. The van der Waals surface area contributed by atoms with E-state index in [9.17, 15) is 0 Å². The van der Waals surface area contributed by atoms with Gasteiger partial charge in [0.25, 0.3) is 0 Å². The first-order valence-corrected chi connectivity index (χ1v) is 7.92. The molecule has 112 valence electrons. The Balaban J connectivity index is 2.35. The molecule has 19 heavy (non-hydrogen) atoms. The molecule has 0 radical (unpaired) electrons. The van der Waals surface area contributed by atoms with E-state index in [1.54, 1.807) is 0 Å². The summed E-state index contributed by atoms with van der Waals surface area (Å²) in [5.74, 6) is 1.59. The van der Waals surface area contributed by atoms with E-state index in [2.05, 4.69) is 43.2 Å². The molecule has 2 atom stereocenters. The molecule has 1 heterocycles. The van der Waals surface area contributed by atoms with Gasteiger partial charge in [0.15, 0.2) is 5.96 Å². The topological polar surface area (TPSA) is 39.7 Å². The SMILES string of the molecule is CCNC(=NCC(C)CN1CCCC1)NC(C)CC. The van der Waals surface area contributed by atoms with E-state index < -0.39 is 0 Å². The molecule has 0 aliphatic carbocycles. The first-order chi connectivity index (χ1) is 9.15. The van der Waals surface area contributed by atoms with Gasteiger partial charge >= 0.3 is 0 Å². The number of nitrogens with zero attached hydrogens (tertiary/aromatic N) is 2. The smallest absolute Gasteiger partial charge is 0.191 e. The van der Waals surface area contributed by atoms with Gasteiger partial charge in [-0.1, -0.05) is 13.8 Å². The van der Waals surface area contributed by atoms with Crippen molar-refractivity contribution < 1.29 is 0 Å². The number of guanidine groups is 1. The largest absolute Gasteiger partial charge is 0.357 e. The van der Waals surface area contributed by atoms with E-state index in [4.69, 9.17) is 4.99 Å². The van der Waals surface area contributed by atoms with Gasteiger partial charge in [-0.25, -0.2) is 0 Å². The highest BCUT2D eigenvalue weighted by Gasteiger charge is 2.14. The standard InChI is InChI=1S/C15H32N4/c1-5-14(4)18-15(16-6-2)17-11-13(3)12-19-9-7-8-10-19/h13-14H,5-12H2,1-4H3,(H2,16,17,18). The highest BCUT2D eigenvalue weighted by molar-refractivity contribution is 5.80. The second-order valence-corrected chi connectivity index (χ2v) is 5.79. The fourth-order valence-electron chi connectivity index (χ4n) is 2.37. The van der Waals surface area contributed by atoms with E-state index in [0.29, 0.717) is 12.0 Å². The van der Waals surface area contributed by atoms with Crippen LogP contribution in [0.15, 0.2) is 4.99 Å². The van der Waals surface area contributed by atoms with E-state index in [1.165, 1.54) is 32.5 Å². The molecule has 0 saturated carbocycles. The molecular formula is C15H32N4. The molecule has 1 aliphatic heterocycles. The van der Waals surface area contributed by atoms with Crippen LogP contribution in [-0.2, 0) is 0 Å². The number of nitrogens with one attached hydrogen (secondary N) is 2. The lowest BCUT2D eigenvalue weighted by Gasteiger charge is -2.20. The first-order valence-electron chi connectivity index (χ1n) is 7.92. The monoisotopic (exact) mass is 268 g/mol. The minimum Gasteiger partial charge on any atom is -0.357 e. The van der Waals surface area contributed by atoms with Gasteiger partial charge in [-0.2, -0.15) is 0 Å². The average Bonchev–Trinajstić information content (AvgIpc) is 2.88. The van der Waals surface area contributed by atoms with Gasteiger partial charge in [0, 0.05) is 25.7 Å². The zero-order chi connectivity index (χ0) is 14.1. The number of aliphatic imine (C=N–C) groups is 1. The molecule has 0 aromatic heterocycles. The van der Waals surface area contributed by atoms with E-state index in [-0.39, 0.29) is 0 Å². The Bertz CT molecular complexity index is 259. The molecule has 1 rings (SSSR count). The van der Waals surface area contributed by atoms with E-state index >= 15 is 0 Å². The number of rotatable bonds is 7. The van der Waals surface area contributed by atoms with Gasteiger partial charge in [0.2, 0.25) is 0 Å². The van der Waals surface area contributed by atoms with Crippen molar-refractivity contribution in [2.75, 3.05) is 32.7 Å². The summed E-state index contributed by atoms with van der Waals surface area (Å²) >= 11 is 0. The summed E-state index contributed by atoms with van der Waals surface area (Å²) in [6, 6.07) is 0.478. The maximum Gasteiger partial charge on any atom is 0.191 e. The van der Waals surface area contributed by atoms with Crippen LogP contribution >= 0.6 is 0 Å². The van der Waals surface area contributed by atoms with Crippen molar-refractivity contribution in [2.24, 2.45) is 10.9 Å². The van der Waals surface area contributed by atoms with Gasteiger partial charge in [-0.15, -0.1) is 0 Å². The number of likely N-dealkylation sites (tertiary alicyclic amines) is 1. The molecule has 4 nitrogen and oxygen atoms in total. The lowest BCUT2D eigenvalue weighted by atomic mass is 10.2. The van der Waals surface area contributed by atoms with Crippen molar-refractivity contribution in [2.45, 2.75) is 53.0 Å². The van der Waals surface area contributed by atoms with Crippen LogP contribution < -0.4 is 10.6 Å². The highest BCUT2D eigenvalue weighted by Crippen LogP contribution is 2.10. The summed E-state index contributed by atoms with van der Waals surface area (Å²) in [4.78, 5) is 7.28. The Kier molecular flexibility index (Phi) is 7.87. The highest BCUT2D eigenvalue weighted by atomic mass is 15.2. The van der Waals surface area contributed by atoms with Crippen LogP contribution in [0.1, 0.15) is 47.0 Å². The van der Waals surface area contributed by atoms with Crippen molar-refractivity contribution in [1.29, 1.82) is 0 Å². The van der Waals surface area contributed by atoms with Crippen LogP contribution in [0.2, 0.25) is 0 Å². The molecule has 1 fully saturated rings. The van der Waals surface area contributed by atoms with Crippen molar-refractivity contribution >= 4 is 5.96 Å². The number of hydrogen-bond donors (Lipinski definition) is 2. The molecule has 0 aromatic carbocycles. The summed E-state index contributed by atoms with van der Waals surface area (Å²) in [5.41, 5.74) is 0. The molecule has 4 heteroatoms. The van der Waals surface area contributed by atoms with Crippen LogP contribution in [0.5, 0.6) is 0 Å². The third-order valence-electron chi connectivity index (χ3n) is 3.67. The third-order valence-corrected chi connectivity index (χ3v) is 3.67. The van der Waals surface area contributed by atoms with E-state index in [0.717, 1.165) is 25.5 Å². The van der Waals surface area contributed by atoms with Crippen LogP contribution in [0, 0.1) is 5.92 Å². The summed E-state index contributed by atoms with van der Waals surface area (Å²) in [7, 11) is 0. The van der Waals surface area contributed by atoms with Gasteiger partial charge in [-0.3, -0.25) is 4.99 Å². The molecule has 2 unspecified atom stereocenters. The third kappa shape index (κ3) is 6.81. The average molecular weight is 268 g/mol. The summed E-state index contributed by atoms with van der Waals surface area (Å²) in [6.45, 7) is 14.4. The quantitative estimate of drug-likeness (QED) is 0.548. The van der Waals surface area contributed by atoms with Crippen molar-refractivity contribution in [1.82, 2.24) is 15.5 Å².